The van der Waals surface area contributed by atoms with Gasteiger partial charge in [0, 0.05) is 35.5 Å². The maximum Gasteiger partial charge on any atom is 0.370 e. The Kier molecular flexibility index (Phi) is 11.3. The van der Waals surface area contributed by atoms with E-state index in [1.807, 2.05) is 4.90 Å². The van der Waals surface area contributed by atoms with Crippen LogP contribution in [0.3, 0.4) is 0 Å². The Labute approximate surface area is 240 Å². The molecule has 2 aromatic carbocycles. The van der Waals surface area contributed by atoms with E-state index >= 15 is 0 Å². The molecular formula is C29H38F3NO5S2. The number of esters is 1. The number of hydrogen-bond acceptors (Lipinski definition) is 7. The van der Waals surface area contributed by atoms with Crippen LogP contribution in [0.4, 0.5) is 24.5 Å². The molecule has 0 bridgehead atoms. The van der Waals surface area contributed by atoms with E-state index in [9.17, 15) is 27.1 Å². The van der Waals surface area contributed by atoms with Gasteiger partial charge in [0.25, 0.3) is 0 Å². The fourth-order valence-electron chi connectivity index (χ4n) is 5.00. The second-order valence-electron chi connectivity index (χ2n) is 9.98. The van der Waals surface area contributed by atoms with Gasteiger partial charge >= 0.3 is 5.97 Å². The van der Waals surface area contributed by atoms with Crippen molar-refractivity contribution in [3.63, 3.8) is 0 Å². The molecule has 0 amide bonds. The van der Waals surface area contributed by atoms with Gasteiger partial charge in [0.15, 0.2) is 11.6 Å². The Hall–Kier alpha value is -2.34. The number of hydrogen-bond donors (Lipinski definition) is 2. The molecular weight excluding hydrogens is 563 g/mol. The minimum atomic E-state index is -3.42. The van der Waals surface area contributed by atoms with Gasteiger partial charge in [-0.2, -0.15) is 15.0 Å². The number of unbranched alkanes of at least 4 members (excludes halogenated alkanes) is 2. The van der Waals surface area contributed by atoms with Gasteiger partial charge in [-0.3, -0.25) is 9.11 Å². The Bertz CT molecular complexity index is 1220. The first-order valence-electron chi connectivity index (χ1n) is 13.4. The molecule has 0 saturated carbocycles. The standard InChI is InChI=1S/C29H38F3NO5S2/c1-5-8-12-29(13-9-6-2)18-33(20-10-11-21(30)22(31)14-20)24-15-26(39-4)25(16-27(24)40(35,36)19-29)38-17-23(32)28(34)37-7-3/h10-11,14-17,35-36H,5-9,12-13,18-19H2,1-4H3/b23-17-. The number of thioether (sulfide) groups is 1. The molecule has 1 aliphatic rings. The zero-order valence-electron chi connectivity index (χ0n) is 23.3. The summed E-state index contributed by atoms with van der Waals surface area (Å²) in [5.74, 6) is -4.20. The Morgan fingerprint density at radius 3 is 2.35 bits per heavy atom. The average molecular weight is 602 g/mol. The van der Waals surface area contributed by atoms with Gasteiger partial charge in [-0.15, -0.1) is 11.8 Å². The molecule has 0 radical (unpaired) electrons. The predicted octanol–water partition coefficient (Wildman–Crippen LogP) is 9.07. The van der Waals surface area contributed by atoms with E-state index in [1.165, 1.54) is 23.9 Å². The monoisotopic (exact) mass is 601 g/mol. The van der Waals surface area contributed by atoms with Crippen molar-refractivity contribution in [3.05, 3.63) is 54.1 Å². The Morgan fingerprint density at radius 1 is 1.10 bits per heavy atom. The topological polar surface area (TPSA) is 79.2 Å². The third kappa shape index (κ3) is 7.48. The zero-order valence-corrected chi connectivity index (χ0v) is 25.0. The molecule has 0 atom stereocenters. The van der Waals surface area contributed by atoms with E-state index in [0.717, 1.165) is 50.7 Å². The molecule has 0 unspecified atom stereocenters. The van der Waals surface area contributed by atoms with Crippen LogP contribution >= 0.6 is 22.4 Å². The second-order valence-corrected chi connectivity index (χ2v) is 12.9. The molecule has 0 spiro atoms. The van der Waals surface area contributed by atoms with Crippen LogP contribution in [0.15, 0.2) is 52.2 Å². The summed E-state index contributed by atoms with van der Waals surface area (Å²) in [5.41, 5.74) is 0.279. The quantitative estimate of drug-likeness (QED) is 0.109. The highest BCUT2D eigenvalue weighted by Crippen LogP contribution is 2.62. The molecule has 0 aliphatic carbocycles. The van der Waals surface area contributed by atoms with E-state index in [1.54, 1.807) is 19.2 Å². The van der Waals surface area contributed by atoms with Crippen LogP contribution in [0.5, 0.6) is 5.75 Å². The van der Waals surface area contributed by atoms with Gasteiger partial charge in [-0.05, 0) is 44.2 Å². The molecule has 11 heteroatoms. The average Bonchev–Trinajstić information content (AvgIpc) is 3.02. The molecule has 0 fully saturated rings. The molecule has 222 valence electrons. The Balaban J connectivity index is 2.22. The van der Waals surface area contributed by atoms with Gasteiger partial charge in [0.1, 0.15) is 12.0 Å². The summed E-state index contributed by atoms with van der Waals surface area (Å²) in [6, 6.07) is 6.76. The van der Waals surface area contributed by atoms with E-state index in [0.29, 0.717) is 29.1 Å². The van der Waals surface area contributed by atoms with Crippen molar-refractivity contribution >= 4 is 39.7 Å². The van der Waals surface area contributed by atoms with E-state index in [4.69, 9.17) is 4.74 Å². The molecule has 0 aromatic heterocycles. The maximum atomic E-state index is 14.5. The first-order chi connectivity index (χ1) is 19.0. The van der Waals surface area contributed by atoms with Gasteiger partial charge in [0.05, 0.1) is 22.1 Å². The fraction of sp³-hybridized carbons (Fsp3) is 0.483. The van der Waals surface area contributed by atoms with Crippen LogP contribution in [-0.4, -0.2) is 40.2 Å². The van der Waals surface area contributed by atoms with E-state index in [2.05, 4.69) is 18.6 Å². The number of benzene rings is 2. The predicted molar refractivity (Wildman–Crippen MR) is 156 cm³/mol. The van der Waals surface area contributed by atoms with Crippen LogP contribution in [0, 0.1) is 17.0 Å². The minimum Gasteiger partial charge on any atom is -0.461 e. The summed E-state index contributed by atoms with van der Waals surface area (Å²) < 4.78 is 76.2. The van der Waals surface area contributed by atoms with Crippen molar-refractivity contribution in [2.45, 2.75) is 69.1 Å². The summed E-state index contributed by atoms with van der Waals surface area (Å²) in [4.78, 5) is 14.2. The molecule has 1 aliphatic heterocycles. The molecule has 6 nitrogen and oxygen atoms in total. The molecule has 40 heavy (non-hydrogen) atoms. The van der Waals surface area contributed by atoms with Crippen molar-refractivity contribution < 1.29 is 36.5 Å². The lowest BCUT2D eigenvalue weighted by Crippen LogP contribution is -2.38. The van der Waals surface area contributed by atoms with Gasteiger partial charge in [-0.1, -0.05) is 39.5 Å². The molecule has 2 aromatic rings. The van der Waals surface area contributed by atoms with Crippen LogP contribution in [0.1, 0.15) is 59.3 Å². The van der Waals surface area contributed by atoms with Crippen molar-refractivity contribution in [3.8, 4) is 5.75 Å². The highest BCUT2D eigenvalue weighted by atomic mass is 32.3. The lowest BCUT2D eigenvalue weighted by molar-refractivity contribution is -0.140. The molecule has 2 N–H and O–H groups in total. The SMILES string of the molecule is CCCCC1(CCCC)CN(c2ccc(F)c(F)c2)c2cc(SC)c(O/C=C(\F)C(=O)OCC)cc2S(O)(O)C1. The van der Waals surface area contributed by atoms with Gasteiger partial charge in [-0.25, -0.2) is 13.6 Å². The second kappa shape index (κ2) is 14.0. The van der Waals surface area contributed by atoms with E-state index < -0.39 is 39.4 Å². The highest BCUT2D eigenvalue weighted by molar-refractivity contribution is 8.24. The van der Waals surface area contributed by atoms with Crippen molar-refractivity contribution in [1.82, 2.24) is 0 Å². The number of rotatable bonds is 12. The number of nitrogens with zero attached hydrogens (tertiary/aromatic N) is 1. The third-order valence-corrected chi connectivity index (χ3v) is 9.79. The normalized spacial score (nSPS) is 17.1. The smallest absolute Gasteiger partial charge is 0.370 e. The third-order valence-electron chi connectivity index (χ3n) is 6.99. The largest absolute Gasteiger partial charge is 0.461 e. The number of fused-ring (bicyclic) bond motifs is 1. The molecule has 3 rings (SSSR count). The lowest BCUT2D eigenvalue weighted by atomic mass is 9.79. The van der Waals surface area contributed by atoms with Gasteiger partial charge in [0.2, 0.25) is 5.83 Å². The number of halogens is 3. The zero-order chi connectivity index (χ0) is 29.5. The van der Waals surface area contributed by atoms with Crippen LogP contribution < -0.4 is 9.64 Å². The minimum absolute atomic E-state index is 0.00642. The van der Waals surface area contributed by atoms with Crippen molar-refractivity contribution in [2.75, 3.05) is 30.1 Å². The molecule has 0 saturated heterocycles. The summed E-state index contributed by atoms with van der Waals surface area (Å²) in [7, 11) is -3.42. The highest BCUT2D eigenvalue weighted by Gasteiger charge is 2.42. The summed E-state index contributed by atoms with van der Waals surface area (Å²) >= 11 is 1.27. The van der Waals surface area contributed by atoms with Crippen molar-refractivity contribution in [2.24, 2.45) is 5.41 Å². The summed E-state index contributed by atoms with van der Waals surface area (Å²) in [6.45, 7) is 6.05. The van der Waals surface area contributed by atoms with E-state index in [-0.39, 0.29) is 23.0 Å². The first kappa shape index (κ1) is 32.2. The van der Waals surface area contributed by atoms with Crippen molar-refractivity contribution in [1.29, 1.82) is 0 Å². The van der Waals surface area contributed by atoms with Gasteiger partial charge < -0.3 is 14.4 Å². The lowest BCUT2D eigenvalue weighted by Gasteiger charge is -2.42. The maximum absolute atomic E-state index is 14.5. The fourth-order valence-corrected chi connectivity index (χ4v) is 7.73. The Morgan fingerprint density at radius 2 is 1.77 bits per heavy atom. The summed E-state index contributed by atoms with van der Waals surface area (Å²) in [5, 5.41) is 0. The number of carbonyl (C=O) groups excluding carboxylic acids is 1. The van der Waals surface area contributed by atoms with Crippen LogP contribution in [0.25, 0.3) is 0 Å². The van der Waals surface area contributed by atoms with Crippen LogP contribution in [-0.2, 0) is 9.53 Å². The molecule has 1 heterocycles. The van der Waals surface area contributed by atoms with Crippen LogP contribution in [0.2, 0.25) is 0 Å². The number of ether oxygens (including phenoxy) is 2. The summed E-state index contributed by atoms with van der Waals surface area (Å²) in [6.07, 6.45) is 7.40. The number of carbonyl (C=O) groups is 1. The first-order valence-corrected chi connectivity index (χ1v) is 16.3. The number of anilines is 2.